The van der Waals surface area contributed by atoms with Crippen LogP contribution in [-0.4, -0.2) is 41.4 Å². The van der Waals surface area contributed by atoms with Crippen LogP contribution in [0.2, 0.25) is 0 Å². The van der Waals surface area contributed by atoms with Gasteiger partial charge in [-0.2, -0.15) is 0 Å². The first-order valence-corrected chi connectivity index (χ1v) is 6.31. The number of halogens is 1. The Hall–Kier alpha value is -1.07. The van der Waals surface area contributed by atoms with Crippen LogP contribution in [0.1, 0.15) is 6.92 Å². The predicted octanol–water partition coefficient (Wildman–Crippen LogP) is 2.32. The number of hydrogen-bond donors (Lipinski definition) is 1. The molecule has 0 fully saturated rings. The van der Waals surface area contributed by atoms with E-state index < -0.39 is 12.0 Å². The highest BCUT2D eigenvalue weighted by Gasteiger charge is 2.16. The number of carboxylic acid groups (broad SMARTS) is 1. The number of benzene rings is 1. The molecule has 0 spiro atoms. The van der Waals surface area contributed by atoms with Gasteiger partial charge in [0, 0.05) is 17.2 Å². The van der Waals surface area contributed by atoms with Gasteiger partial charge >= 0.3 is 5.97 Å². The van der Waals surface area contributed by atoms with Crippen molar-refractivity contribution in [2.45, 2.75) is 17.9 Å². The fourth-order valence-electron chi connectivity index (χ4n) is 1.24. The van der Waals surface area contributed by atoms with Crippen molar-refractivity contribution in [1.82, 2.24) is 4.90 Å². The van der Waals surface area contributed by atoms with Crippen LogP contribution < -0.4 is 0 Å². The van der Waals surface area contributed by atoms with Gasteiger partial charge in [0.25, 0.3) is 0 Å². The summed E-state index contributed by atoms with van der Waals surface area (Å²) in [4.78, 5) is 13.1. The Labute approximate surface area is 105 Å². The van der Waals surface area contributed by atoms with Gasteiger partial charge in [0.15, 0.2) is 0 Å². The summed E-state index contributed by atoms with van der Waals surface area (Å²) in [6.45, 7) is 2.24. The Morgan fingerprint density at radius 3 is 2.76 bits per heavy atom. The summed E-state index contributed by atoms with van der Waals surface area (Å²) < 4.78 is 13.3. The minimum atomic E-state index is -0.844. The lowest BCUT2D eigenvalue weighted by atomic mass is 10.3. The molecular formula is C12H16FNO2S. The van der Waals surface area contributed by atoms with E-state index in [1.165, 1.54) is 17.8 Å². The Balaban J connectivity index is 2.38. The zero-order valence-corrected chi connectivity index (χ0v) is 10.7. The first-order chi connectivity index (χ1) is 8.02. The zero-order valence-electron chi connectivity index (χ0n) is 9.89. The van der Waals surface area contributed by atoms with E-state index in [1.807, 2.05) is 0 Å². The van der Waals surface area contributed by atoms with Crippen molar-refractivity contribution >= 4 is 17.7 Å². The molecule has 1 rings (SSSR count). The van der Waals surface area contributed by atoms with Crippen molar-refractivity contribution in [3.05, 3.63) is 30.1 Å². The lowest BCUT2D eigenvalue weighted by Crippen LogP contribution is -2.37. The van der Waals surface area contributed by atoms with E-state index >= 15 is 0 Å². The van der Waals surface area contributed by atoms with Crippen LogP contribution in [0.4, 0.5) is 4.39 Å². The molecule has 5 heteroatoms. The summed E-state index contributed by atoms with van der Waals surface area (Å²) in [6.07, 6.45) is 0. The molecule has 94 valence electrons. The lowest BCUT2D eigenvalue weighted by molar-refractivity contribution is -0.141. The fourth-order valence-corrected chi connectivity index (χ4v) is 2.22. The number of likely N-dealkylation sites (N-methyl/N-ethyl adjacent to an activating group) is 1. The fraction of sp³-hybridized carbons (Fsp3) is 0.417. The van der Waals surface area contributed by atoms with Gasteiger partial charge in [0.05, 0.1) is 0 Å². The highest BCUT2D eigenvalue weighted by atomic mass is 32.2. The zero-order chi connectivity index (χ0) is 12.8. The molecule has 0 aliphatic heterocycles. The normalized spacial score (nSPS) is 12.7. The average Bonchev–Trinajstić information content (AvgIpc) is 2.30. The minimum Gasteiger partial charge on any atom is -0.480 e. The summed E-state index contributed by atoms with van der Waals surface area (Å²) in [5.41, 5.74) is 0. The number of nitrogens with zero attached hydrogens (tertiary/aromatic N) is 1. The molecule has 1 unspecified atom stereocenters. The van der Waals surface area contributed by atoms with Crippen molar-refractivity contribution in [2.75, 3.05) is 19.3 Å². The van der Waals surface area contributed by atoms with Crippen LogP contribution in [0.3, 0.4) is 0 Å². The van der Waals surface area contributed by atoms with E-state index in [2.05, 4.69) is 0 Å². The molecule has 17 heavy (non-hydrogen) atoms. The molecule has 0 aromatic heterocycles. The summed E-state index contributed by atoms with van der Waals surface area (Å²) in [7, 11) is 1.75. The van der Waals surface area contributed by atoms with Crippen LogP contribution in [-0.2, 0) is 4.79 Å². The Morgan fingerprint density at radius 2 is 2.18 bits per heavy atom. The maximum Gasteiger partial charge on any atom is 0.320 e. The van der Waals surface area contributed by atoms with Crippen molar-refractivity contribution in [2.24, 2.45) is 0 Å². The molecular weight excluding hydrogens is 241 g/mol. The van der Waals surface area contributed by atoms with Crippen LogP contribution in [0.25, 0.3) is 0 Å². The van der Waals surface area contributed by atoms with Gasteiger partial charge in [-0.15, -0.1) is 11.8 Å². The summed E-state index contributed by atoms with van der Waals surface area (Å²) >= 11 is 1.39. The van der Waals surface area contributed by atoms with Gasteiger partial charge in [-0.25, -0.2) is 4.39 Å². The quantitative estimate of drug-likeness (QED) is 0.794. The SMILES string of the molecule is CC(C(=O)O)N(C)CCSc1ccccc1F. The highest BCUT2D eigenvalue weighted by Crippen LogP contribution is 2.20. The number of carbonyl (C=O) groups is 1. The second kappa shape index (κ2) is 6.61. The van der Waals surface area contributed by atoms with Crippen molar-refractivity contribution in [3.63, 3.8) is 0 Å². The molecule has 0 saturated heterocycles. The molecule has 1 aromatic carbocycles. The van der Waals surface area contributed by atoms with Crippen molar-refractivity contribution in [3.8, 4) is 0 Å². The third-order valence-electron chi connectivity index (χ3n) is 2.56. The van der Waals surface area contributed by atoms with E-state index in [1.54, 1.807) is 37.1 Å². The summed E-state index contributed by atoms with van der Waals surface area (Å²) in [5.74, 6) is -0.412. The smallest absolute Gasteiger partial charge is 0.320 e. The first kappa shape index (κ1) is 14.0. The second-order valence-corrected chi connectivity index (χ2v) is 4.91. The highest BCUT2D eigenvalue weighted by molar-refractivity contribution is 7.99. The van der Waals surface area contributed by atoms with Gasteiger partial charge in [-0.1, -0.05) is 12.1 Å². The molecule has 3 nitrogen and oxygen atoms in total. The standard InChI is InChI=1S/C12H16FNO2S/c1-9(12(15)16)14(2)7-8-17-11-6-4-3-5-10(11)13/h3-6,9H,7-8H2,1-2H3,(H,15,16). The Bertz CT molecular complexity index is 387. The number of hydrogen-bond acceptors (Lipinski definition) is 3. The average molecular weight is 257 g/mol. The first-order valence-electron chi connectivity index (χ1n) is 5.32. The summed E-state index contributed by atoms with van der Waals surface area (Å²) in [6, 6.07) is 6.07. The van der Waals surface area contributed by atoms with Gasteiger partial charge in [0.1, 0.15) is 11.9 Å². The maximum absolute atomic E-state index is 13.3. The van der Waals surface area contributed by atoms with Crippen LogP contribution in [0, 0.1) is 5.82 Å². The van der Waals surface area contributed by atoms with Gasteiger partial charge < -0.3 is 5.11 Å². The predicted molar refractivity (Wildman–Crippen MR) is 66.9 cm³/mol. The van der Waals surface area contributed by atoms with Gasteiger partial charge in [-0.05, 0) is 26.1 Å². The van der Waals surface area contributed by atoms with Gasteiger partial charge in [0.2, 0.25) is 0 Å². The molecule has 1 aromatic rings. The maximum atomic E-state index is 13.3. The molecule has 0 aliphatic rings. The molecule has 1 atom stereocenters. The second-order valence-electron chi connectivity index (χ2n) is 3.77. The number of thioether (sulfide) groups is 1. The molecule has 1 N–H and O–H groups in total. The molecule has 0 radical (unpaired) electrons. The van der Waals surface area contributed by atoms with E-state index in [0.29, 0.717) is 17.2 Å². The van der Waals surface area contributed by atoms with Crippen LogP contribution in [0.5, 0.6) is 0 Å². The number of aliphatic carboxylic acids is 1. The Morgan fingerprint density at radius 1 is 1.53 bits per heavy atom. The third-order valence-corrected chi connectivity index (χ3v) is 3.59. The van der Waals surface area contributed by atoms with Gasteiger partial charge in [-0.3, -0.25) is 9.69 Å². The Kier molecular flexibility index (Phi) is 5.44. The molecule has 0 bridgehead atoms. The largest absolute Gasteiger partial charge is 0.480 e. The van der Waals surface area contributed by atoms with E-state index in [9.17, 15) is 9.18 Å². The van der Waals surface area contributed by atoms with E-state index in [-0.39, 0.29) is 5.82 Å². The van der Waals surface area contributed by atoms with Crippen LogP contribution in [0.15, 0.2) is 29.2 Å². The van der Waals surface area contributed by atoms with Crippen molar-refractivity contribution < 1.29 is 14.3 Å². The summed E-state index contributed by atoms with van der Waals surface area (Å²) in [5, 5.41) is 8.80. The number of carboxylic acids is 1. The van der Waals surface area contributed by atoms with Crippen molar-refractivity contribution in [1.29, 1.82) is 0 Å². The third kappa shape index (κ3) is 4.36. The molecule has 0 heterocycles. The molecule has 0 saturated carbocycles. The van der Waals surface area contributed by atoms with Crippen LogP contribution >= 0.6 is 11.8 Å². The molecule has 0 aliphatic carbocycles. The molecule has 0 amide bonds. The monoisotopic (exact) mass is 257 g/mol. The lowest BCUT2D eigenvalue weighted by Gasteiger charge is -2.20. The minimum absolute atomic E-state index is 0.230. The topological polar surface area (TPSA) is 40.5 Å². The van der Waals surface area contributed by atoms with E-state index in [4.69, 9.17) is 5.11 Å². The van der Waals surface area contributed by atoms with E-state index in [0.717, 1.165) is 0 Å². The number of rotatable bonds is 6.